The third kappa shape index (κ3) is 4.06. The molecule has 0 saturated carbocycles. The Morgan fingerprint density at radius 2 is 2.04 bits per heavy atom. The summed E-state index contributed by atoms with van der Waals surface area (Å²) >= 11 is 3.66. The monoisotopic (exact) mass is 396 g/mol. The summed E-state index contributed by atoms with van der Waals surface area (Å²) in [7, 11) is 1.71. The number of nitrogens with one attached hydrogen (secondary N) is 1. The van der Waals surface area contributed by atoms with Crippen LogP contribution in [0.25, 0.3) is 0 Å². The fourth-order valence-electron chi connectivity index (χ4n) is 3.99. The molecule has 0 radical (unpaired) electrons. The molecule has 0 aromatic heterocycles. The summed E-state index contributed by atoms with van der Waals surface area (Å²) in [4.78, 5) is 2.60. The van der Waals surface area contributed by atoms with Gasteiger partial charge in [0.15, 0.2) is 11.5 Å². The van der Waals surface area contributed by atoms with E-state index >= 15 is 0 Å². The zero-order chi connectivity index (χ0) is 17.0. The van der Waals surface area contributed by atoms with E-state index in [-0.39, 0.29) is 0 Å². The predicted molar refractivity (Wildman–Crippen MR) is 101 cm³/mol. The van der Waals surface area contributed by atoms with E-state index in [9.17, 15) is 0 Å². The van der Waals surface area contributed by atoms with Crippen LogP contribution in [0.5, 0.6) is 11.5 Å². The quantitative estimate of drug-likeness (QED) is 0.792. The van der Waals surface area contributed by atoms with Crippen LogP contribution in [0.2, 0.25) is 0 Å². The van der Waals surface area contributed by atoms with Gasteiger partial charge in [-0.25, -0.2) is 0 Å². The van der Waals surface area contributed by atoms with Gasteiger partial charge in [0.25, 0.3) is 0 Å². The molecule has 0 aliphatic carbocycles. The van der Waals surface area contributed by atoms with Gasteiger partial charge < -0.3 is 14.8 Å². The topological polar surface area (TPSA) is 33.7 Å². The molecule has 0 bridgehead atoms. The molecule has 5 heteroatoms. The molecule has 2 heterocycles. The number of hydrogen-bond donors (Lipinski definition) is 1. The van der Waals surface area contributed by atoms with Gasteiger partial charge in [0.2, 0.25) is 0 Å². The lowest BCUT2D eigenvalue weighted by Gasteiger charge is -2.34. The molecule has 24 heavy (non-hydrogen) atoms. The summed E-state index contributed by atoms with van der Waals surface area (Å²) in [6.45, 7) is 8.58. The first-order chi connectivity index (χ1) is 11.7. The summed E-state index contributed by atoms with van der Waals surface area (Å²) in [5.74, 6) is 1.64. The van der Waals surface area contributed by atoms with Crippen LogP contribution >= 0.6 is 15.9 Å². The van der Waals surface area contributed by atoms with Crippen molar-refractivity contribution in [2.45, 2.75) is 39.2 Å². The van der Waals surface area contributed by atoms with Crippen LogP contribution in [-0.4, -0.2) is 44.8 Å². The van der Waals surface area contributed by atoms with Crippen molar-refractivity contribution in [3.8, 4) is 11.5 Å². The first-order valence-electron chi connectivity index (χ1n) is 9.08. The molecule has 1 aromatic rings. The highest BCUT2D eigenvalue weighted by Gasteiger charge is 2.38. The summed E-state index contributed by atoms with van der Waals surface area (Å²) in [5, 5.41) is 3.49. The van der Waals surface area contributed by atoms with Gasteiger partial charge in [-0.1, -0.05) is 6.92 Å². The molecule has 134 valence electrons. The van der Waals surface area contributed by atoms with Crippen molar-refractivity contribution < 1.29 is 9.47 Å². The van der Waals surface area contributed by atoms with Crippen molar-refractivity contribution in [1.29, 1.82) is 0 Å². The second kappa shape index (κ2) is 8.07. The van der Waals surface area contributed by atoms with Crippen molar-refractivity contribution >= 4 is 15.9 Å². The van der Waals surface area contributed by atoms with Crippen LogP contribution in [0.1, 0.15) is 38.2 Å². The minimum atomic E-state index is 0.552. The molecule has 2 aliphatic rings. The van der Waals surface area contributed by atoms with Gasteiger partial charge in [0.1, 0.15) is 0 Å². The van der Waals surface area contributed by atoms with Gasteiger partial charge in [-0.2, -0.15) is 0 Å². The van der Waals surface area contributed by atoms with Gasteiger partial charge >= 0.3 is 0 Å². The SMILES string of the molecule is CCCOc1c(Br)cc(CN2CCC3(CCNCC3)C2)cc1OC. The smallest absolute Gasteiger partial charge is 0.175 e. The van der Waals surface area contributed by atoms with Crippen molar-refractivity contribution in [1.82, 2.24) is 10.2 Å². The molecule has 0 atom stereocenters. The molecule has 0 amide bonds. The molecule has 0 unspecified atom stereocenters. The Bertz CT molecular complexity index is 559. The summed E-state index contributed by atoms with van der Waals surface area (Å²) in [6.07, 6.45) is 4.97. The Morgan fingerprint density at radius 1 is 1.25 bits per heavy atom. The van der Waals surface area contributed by atoms with Crippen molar-refractivity contribution in [3.05, 3.63) is 22.2 Å². The van der Waals surface area contributed by atoms with Crippen LogP contribution in [0.4, 0.5) is 0 Å². The molecule has 1 spiro atoms. The molecule has 2 saturated heterocycles. The van der Waals surface area contributed by atoms with Crippen molar-refractivity contribution in [2.75, 3.05) is 39.9 Å². The standard InChI is InChI=1S/C19H29BrN2O2/c1-3-10-24-18-16(20)11-15(12-17(18)23-2)13-22-9-6-19(14-22)4-7-21-8-5-19/h11-12,21H,3-10,13-14H2,1-2H3. The fraction of sp³-hybridized carbons (Fsp3) is 0.684. The van der Waals surface area contributed by atoms with Crippen LogP contribution in [-0.2, 0) is 6.54 Å². The molecule has 4 nitrogen and oxygen atoms in total. The molecule has 1 aromatic carbocycles. The largest absolute Gasteiger partial charge is 0.493 e. The maximum atomic E-state index is 5.83. The molecule has 2 aliphatic heterocycles. The minimum Gasteiger partial charge on any atom is -0.493 e. The van der Waals surface area contributed by atoms with Gasteiger partial charge in [-0.3, -0.25) is 4.90 Å². The van der Waals surface area contributed by atoms with E-state index in [1.54, 1.807) is 7.11 Å². The molecule has 1 N–H and O–H groups in total. The number of ether oxygens (including phenoxy) is 2. The van der Waals surface area contributed by atoms with Crippen molar-refractivity contribution in [2.24, 2.45) is 5.41 Å². The number of piperidine rings is 1. The van der Waals surface area contributed by atoms with Gasteiger partial charge in [0.05, 0.1) is 18.2 Å². The number of rotatable bonds is 6. The maximum absolute atomic E-state index is 5.83. The van der Waals surface area contributed by atoms with Crippen LogP contribution < -0.4 is 14.8 Å². The van der Waals surface area contributed by atoms with E-state index in [1.807, 2.05) is 0 Å². The van der Waals surface area contributed by atoms with E-state index < -0.39 is 0 Å². The zero-order valence-corrected chi connectivity index (χ0v) is 16.5. The number of nitrogens with zero attached hydrogens (tertiary/aromatic N) is 1. The lowest BCUT2D eigenvalue weighted by molar-refractivity contribution is 0.194. The van der Waals surface area contributed by atoms with E-state index in [2.05, 4.69) is 45.2 Å². The first-order valence-corrected chi connectivity index (χ1v) is 9.87. The third-order valence-corrected chi connectivity index (χ3v) is 5.92. The molecule has 2 fully saturated rings. The van der Waals surface area contributed by atoms with Gasteiger partial charge in [-0.15, -0.1) is 0 Å². The highest BCUT2D eigenvalue weighted by atomic mass is 79.9. The minimum absolute atomic E-state index is 0.552. The molecular formula is C19H29BrN2O2. The van der Waals surface area contributed by atoms with Gasteiger partial charge in [0, 0.05) is 13.1 Å². The second-order valence-corrected chi connectivity index (χ2v) is 8.02. The molecular weight excluding hydrogens is 368 g/mol. The number of halogens is 1. The Labute approximate surface area is 154 Å². The number of methoxy groups -OCH3 is 1. The lowest BCUT2D eigenvalue weighted by atomic mass is 9.78. The summed E-state index contributed by atoms with van der Waals surface area (Å²) in [6, 6.07) is 4.31. The second-order valence-electron chi connectivity index (χ2n) is 7.17. The van der Waals surface area contributed by atoms with E-state index in [4.69, 9.17) is 9.47 Å². The number of likely N-dealkylation sites (tertiary alicyclic amines) is 1. The zero-order valence-electron chi connectivity index (χ0n) is 14.9. The number of hydrogen-bond acceptors (Lipinski definition) is 4. The van der Waals surface area contributed by atoms with Crippen LogP contribution in [0, 0.1) is 5.41 Å². The predicted octanol–water partition coefficient (Wildman–Crippen LogP) is 3.82. The summed E-state index contributed by atoms with van der Waals surface area (Å²) < 4.78 is 12.4. The third-order valence-electron chi connectivity index (χ3n) is 5.33. The Morgan fingerprint density at radius 3 is 2.75 bits per heavy atom. The van der Waals surface area contributed by atoms with Crippen LogP contribution in [0.3, 0.4) is 0 Å². The van der Waals surface area contributed by atoms with E-state index in [0.717, 1.165) is 28.9 Å². The summed E-state index contributed by atoms with van der Waals surface area (Å²) in [5.41, 5.74) is 1.84. The fourth-order valence-corrected chi connectivity index (χ4v) is 4.60. The number of benzene rings is 1. The Hall–Kier alpha value is -0.780. The van der Waals surface area contributed by atoms with E-state index in [0.29, 0.717) is 12.0 Å². The highest BCUT2D eigenvalue weighted by molar-refractivity contribution is 9.10. The Balaban J connectivity index is 1.68. The lowest BCUT2D eigenvalue weighted by Crippen LogP contribution is -2.38. The maximum Gasteiger partial charge on any atom is 0.175 e. The average Bonchev–Trinajstić information content (AvgIpc) is 2.96. The Kier molecular flexibility index (Phi) is 6.06. The highest BCUT2D eigenvalue weighted by Crippen LogP contribution is 2.41. The van der Waals surface area contributed by atoms with Crippen molar-refractivity contribution in [3.63, 3.8) is 0 Å². The molecule has 3 rings (SSSR count). The average molecular weight is 397 g/mol. The van der Waals surface area contributed by atoms with E-state index in [1.165, 1.54) is 51.0 Å². The van der Waals surface area contributed by atoms with Crippen LogP contribution in [0.15, 0.2) is 16.6 Å². The van der Waals surface area contributed by atoms with Gasteiger partial charge in [-0.05, 0) is 84.4 Å². The first kappa shape index (κ1) is 18.0. The normalized spacial score (nSPS) is 20.5.